The first-order chi connectivity index (χ1) is 23.5. The van der Waals surface area contributed by atoms with Crippen LogP contribution in [0.15, 0.2) is 104 Å². The Morgan fingerprint density at radius 2 is 1.45 bits per heavy atom. The third kappa shape index (κ3) is 36.5. The van der Waals surface area contributed by atoms with Gasteiger partial charge < -0.3 is 36.5 Å². The molecule has 0 radical (unpaired) electrons. The maximum Gasteiger partial charge on any atom is 0.145 e. The summed E-state index contributed by atoms with van der Waals surface area (Å²) >= 11 is 0. The topological polar surface area (TPSA) is 126 Å². The second kappa shape index (κ2) is 41.8. The molecule has 278 valence electrons. The Balaban J connectivity index is -0.000000217. The summed E-state index contributed by atoms with van der Waals surface area (Å²) in [4.78, 5) is 0. The van der Waals surface area contributed by atoms with Gasteiger partial charge in [-0.05, 0) is 76.9 Å². The van der Waals surface area contributed by atoms with Crippen molar-refractivity contribution < 1.29 is 19.3 Å². The lowest BCUT2D eigenvalue weighted by Crippen LogP contribution is -2.35. The van der Waals surface area contributed by atoms with Crippen molar-refractivity contribution in [3.8, 4) is 23.8 Å². The predicted molar refractivity (Wildman–Crippen MR) is 219 cm³/mol. The molecule has 7 heteroatoms. The quantitative estimate of drug-likeness (QED) is 0.0577. The minimum Gasteiger partial charge on any atom is -0.506 e. The highest BCUT2D eigenvalue weighted by molar-refractivity contribution is 5.56. The molecule has 7 N–H and O–H groups in total. The van der Waals surface area contributed by atoms with Crippen molar-refractivity contribution in [2.75, 3.05) is 51.5 Å². The highest BCUT2D eigenvalue weighted by Gasteiger charge is 2.27. The second-order valence-corrected chi connectivity index (χ2v) is 10.2. The molecule has 0 aliphatic heterocycles. The molecule has 0 spiro atoms. The van der Waals surface area contributed by atoms with Crippen molar-refractivity contribution in [3.63, 3.8) is 0 Å². The summed E-state index contributed by atoms with van der Waals surface area (Å²) in [6.45, 7) is 28.8. The van der Waals surface area contributed by atoms with Gasteiger partial charge in [-0.3, -0.25) is 0 Å². The molecule has 7 nitrogen and oxygen atoms in total. The van der Waals surface area contributed by atoms with E-state index in [1.54, 1.807) is 38.3 Å². The minimum atomic E-state index is -0.247. The van der Waals surface area contributed by atoms with Gasteiger partial charge in [-0.15, -0.1) is 25.5 Å². The summed E-state index contributed by atoms with van der Waals surface area (Å²) in [5.41, 5.74) is 19.2. The Hall–Kier alpha value is -4.22. The van der Waals surface area contributed by atoms with E-state index >= 15 is 0 Å². The molecular formula is C42H71N3O4. The lowest BCUT2D eigenvalue weighted by molar-refractivity contribution is -0.0170. The molecule has 1 unspecified atom stereocenters. The predicted octanol–water partition coefficient (Wildman–Crippen LogP) is 10.1. The van der Waals surface area contributed by atoms with Crippen LogP contribution in [0.2, 0.25) is 0 Å². The lowest BCUT2D eigenvalue weighted by atomic mass is 9.94. The van der Waals surface area contributed by atoms with Crippen LogP contribution in [0, 0.1) is 24.7 Å². The summed E-state index contributed by atoms with van der Waals surface area (Å²) in [5.74, 6) is 3.14. The SMILES string of the molecule is C#CC.C/C=C\C=C/C.C=C.CC.CC/C=C\C=C(\C)COCC(C)(COC)COc1c(C)cccc1N.CCN.Nc1ccccc1O. The summed E-state index contributed by atoms with van der Waals surface area (Å²) in [6.07, 6.45) is 19.9. The summed E-state index contributed by atoms with van der Waals surface area (Å²) in [5, 5.41) is 8.79. The molecule has 0 aliphatic rings. The van der Waals surface area contributed by atoms with E-state index < -0.39 is 0 Å². The van der Waals surface area contributed by atoms with Gasteiger partial charge in [0.25, 0.3) is 0 Å². The van der Waals surface area contributed by atoms with E-state index in [4.69, 9.17) is 36.5 Å². The van der Waals surface area contributed by atoms with E-state index in [-0.39, 0.29) is 11.2 Å². The largest absolute Gasteiger partial charge is 0.506 e. The fraction of sp³-hybridized carbons (Fsp3) is 0.429. The van der Waals surface area contributed by atoms with Crippen LogP contribution in [0.25, 0.3) is 0 Å². The van der Waals surface area contributed by atoms with Gasteiger partial charge in [0.1, 0.15) is 11.5 Å². The highest BCUT2D eigenvalue weighted by atomic mass is 16.5. The van der Waals surface area contributed by atoms with Gasteiger partial charge in [-0.2, -0.15) is 0 Å². The Morgan fingerprint density at radius 3 is 1.86 bits per heavy atom. The van der Waals surface area contributed by atoms with Gasteiger partial charge in [0.2, 0.25) is 0 Å². The Morgan fingerprint density at radius 1 is 0.939 bits per heavy atom. The van der Waals surface area contributed by atoms with Crippen molar-refractivity contribution >= 4 is 11.4 Å². The molecule has 2 aromatic rings. The number of para-hydroxylation sites is 3. The Labute approximate surface area is 301 Å². The zero-order valence-electron chi connectivity index (χ0n) is 32.7. The Bertz CT molecular complexity index is 1120. The molecular weight excluding hydrogens is 610 g/mol. The van der Waals surface area contributed by atoms with Crippen LogP contribution in [0.5, 0.6) is 11.5 Å². The normalized spacial score (nSPS) is 11.1. The number of ether oxygens (including phenoxy) is 3. The van der Waals surface area contributed by atoms with E-state index in [0.717, 1.165) is 24.3 Å². The van der Waals surface area contributed by atoms with Crippen LogP contribution < -0.4 is 21.9 Å². The number of terminal acetylenes is 1. The van der Waals surface area contributed by atoms with Gasteiger partial charge in [-0.25, -0.2) is 0 Å². The zero-order valence-corrected chi connectivity index (χ0v) is 32.7. The first kappa shape index (κ1) is 54.2. The molecule has 0 fully saturated rings. The molecule has 0 saturated carbocycles. The van der Waals surface area contributed by atoms with E-state index in [2.05, 4.69) is 64.5 Å². The fourth-order valence-corrected chi connectivity index (χ4v) is 3.18. The number of hydrogen-bond donors (Lipinski definition) is 4. The van der Waals surface area contributed by atoms with Crippen LogP contribution in [0.4, 0.5) is 11.4 Å². The molecule has 2 aromatic carbocycles. The molecule has 0 amide bonds. The van der Waals surface area contributed by atoms with Crippen LogP contribution in [0.3, 0.4) is 0 Å². The van der Waals surface area contributed by atoms with Gasteiger partial charge >= 0.3 is 0 Å². The number of nitrogen functional groups attached to an aromatic ring is 2. The molecule has 0 saturated heterocycles. The van der Waals surface area contributed by atoms with E-state index in [1.807, 2.05) is 84.0 Å². The average Bonchev–Trinajstić information content (AvgIpc) is 3.08. The van der Waals surface area contributed by atoms with Gasteiger partial charge in [0.15, 0.2) is 0 Å². The number of aryl methyl sites for hydroxylation is 1. The minimum absolute atomic E-state index is 0.146. The Kier molecular flexibility index (Phi) is 46.3. The number of rotatable bonds is 12. The van der Waals surface area contributed by atoms with Crippen molar-refractivity contribution in [1.82, 2.24) is 0 Å². The van der Waals surface area contributed by atoms with E-state index in [9.17, 15) is 0 Å². The van der Waals surface area contributed by atoms with Crippen molar-refractivity contribution in [3.05, 3.63) is 109 Å². The summed E-state index contributed by atoms with van der Waals surface area (Å²) in [7, 11) is 1.70. The van der Waals surface area contributed by atoms with Gasteiger partial charge in [0.05, 0.1) is 37.8 Å². The summed E-state index contributed by atoms with van der Waals surface area (Å²) in [6, 6.07) is 12.5. The van der Waals surface area contributed by atoms with Crippen LogP contribution >= 0.6 is 0 Å². The number of nitrogens with two attached hydrogens (primary N) is 3. The molecule has 0 bridgehead atoms. The molecule has 49 heavy (non-hydrogen) atoms. The second-order valence-electron chi connectivity index (χ2n) is 10.2. The number of phenols is 1. The smallest absolute Gasteiger partial charge is 0.145 e. The van der Waals surface area contributed by atoms with E-state index in [0.29, 0.717) is 37.8 Å². The van der Waals surface area contributed by atoms with Crippen molar-refractivity contribution in [1.29, 1.82) is 0 Å². The molecule has 0 aromatic heterocycles. The maximum atomic E-state index is 8.79. The van der Waals surface area contributed by atoms with Crippen LogP contribution in [0.1, 0.15) is 74.3 Å². The highest BCUT2D eigenvalue weighted by Crippen LogP contribution is 2.28. The number of anilines is 2. The van der Waals surface area contributed by atoms with Gasteiger partial charge in [0, 0.05) is 12.5 Å². The van der Waals surface area contributed by atoms with Crippen molar-refractivity contribution in [2.45, 2.75) is 75.7 Å². The van der Waals surface area contributed by atoms with E-state index in [1.165, 1.54) is 5.57 Å². The number of aromatic hydroxyl groups is 1. The fourth-order valence-electron chi connectivity index (χ4n) is 3.18. The third-order valence-electron chi connectivity index (χ3n) is 5.27. The molecule has 1 atom stereocenters. The monoisotopic (exact) mass is 682 g/mol. The number of hydrogen-bond acceptors (Lipinski definition) is 7. The van der Waals surface area contributed by atoms with Crippen LogP contribution in [-0.2, 0) is 9.47 Å². The maximum absolute atomic E-state index is 8.79. The molecule has 2 rings (SSSR count). The van der Waals surface area contributed by atoms with Crippen LogP contribution in [-0.4, -0.2) is 45.2 Å². The zero-order chi connectivity index (χ0) is 38.9. The summed E-state index contributed by atoms with van der Waals surface area (Å²) < 4.78 is 17.3. The third-order valence-corrected chi connectivity index (χ3v) is 5.27. The molecule has 0 aliphatic carbocycles. The average molecular weight is 682 g/mol. The lowest BCUT2D eigenvalue weighted by Gasteiger charge is -2.29. The number of phenolic OH excluding ortho intramolecular Hbond substituents is 1. The number of allylic oxidation sites excluding steroid dienone is 7. The first-order valence-electron chi connectivity index (χ1n) is 16.7. The molecule has 0 heterocycles. The van der Waals surface area contributed by atoms with Crippen molar-refractivity contribution in [2.24, 2.45) is 11.1 Å². The first-order valence-corrected chi connectivity index (χ1v) is 16.7. The number of benzene rings is 2. The number of methoxy groups -OCH3 is 1. The van der Waals surface area contributed by atoms with Gasteiger partial charge in [-0.1, -0.05) is 101 Å². The standard InChI is InChI=1S/C21H33NO3.C6H7NO.C6H10.C3H4.C2H7N.C2H6.C2H4/c1-6-7-8-10-17(2)13-24-15-21(4,14-23-5)16-25-20-18(3)11-9-12-19(20)22;7-5-3-1-2-4-6(5)8;1-3-5-6-4-2;1-3-2;1-2-3;2*1-2/h7-12H,6,13-16,22H2,1-5H3;1-4,8H,7H2;3-6H,1-2H3;1H,2H3;2-3H2,1H3;1-2H3;1-2H2/b8-7-,17-10-;;5-3-,6-4-;;;;.